The van der Waals surface area contributed by atoms with Crippen LogP contribution in [-0.2, 0) is 0 Å². The second-order valence-corrected chi connectivity index (χ2v) is 6.33. The third-order valence-electron chi connectivity index (χ3n) is 4.88. The molecule has 5 heteroatoms. The molecule has 3 aromatic rings. The lowest BCUT2D eigenvalue weighted by atomic mass is 10.1. The van der Waals surface area contributed by atoms with Gasteiger partial charge in [0, 0.05) is 29.8 Å². The van der Waals surface area contributed by atoms with Crippen molar-refractivity contribution in [2.75, 3.05) is 13.7 Å². The van der Waals surface area contributed by atoms with E-state index in [1.807, 2.05) is 48.2 Å². The summed E-state index contributed by atoms with van der Waals surface area (Å²) in [6.07, 6.45) is 3.67. The smallest absolute Gasteiger partial charge is 0.290 e. The minimum atomic E-state index is -0.0687. The molecule has 0 radical (unpaired) electrons. The number of fused-ring (bicyclic) bond motifs is 1. The number of carbonyl (C=O) groups excluding carboxylic acids is 1. The van der Waals surface area contributed by atoms with Crippen molar-refractivity contribution in [1.82, 2.24) is 9.88 Å². The first kappa shape index (κ1) is 15.7. The maximum absolute atomic E-state index is 13.1. The van der Waals surface area contributed by atoms with Gasteiger partial charge in [-0.1, -0.05) is 6.07 Å². The Labute approximate surface area is 146 Å². The highest BCUT2D eigenvalue weighted by molar-refractivity contribution is 5.99. The molecule has 128 valence electrons. The van der Waals surface area contributed by atoms with Crippen LogP contribution >= 0.6 is 0 Å². The van der Waals surface area contributed by atoms with Gasteiger partial charge in [0.2, 0.25) is 0 Å². The Morgan fingerprint density at radius 2 is 2.20 bits per heavy atom. The molecule has 3 heterocycles. The van der Waals surface area contributed by atoms with Crippen LogP contribution in [0.1, 0.15) is 40.7 Å². The number of carbonyl (C=O) groups is 1. The first-order valence-electron chi connectivity index (χ1n) is 8.48. The monoisotopic (exact) mass is 336 g/mol. The molecule has 1 fully saturated rings. The lowest BCUT2D eigenvalue weighted by molar-refractivity contribution is 0.0702. The van der Waals surface area contributed by atoms with Gasteiger partial charge in [-0.2, -0.15) is 0 Å². The molecule has 1 atom stereocenters. The summed E-state index contributed by atoms with van der Waals surface area (Å²) in [4.78, 5) is 19.5. The van der Waals surface area contributed by atoms with Gasteiger partial charge >= 0.3 is 0 Å². The molecule has 0 bridgehead atoms. The lowest BCUT2D eigenvalue weighted by Gasteiger charge is -2.23. The van der Waals surface area contributed by atoms with Gasteiger partial charge in [-0.25, -0.2) is 0 Å². The summed E-state index contributed by atoms with van der Waals surface area (Å²) in [7, 11) is 1.62. The SMILES string of the molecule is COc1ccc2c(C)c(C(=O)N3CCC[C@@H]3c3ccccn3)oc2c1. The number of furan rings is 1. The number of hydrogen-bond acceptors (Lipinski definition) is 4. The molecule has 1 amide bonds. The quantitative estimate of drug-likeness (QED) is 0.722. The number of benzene rings is 1. The summed E-state index contributed by atoms with van der Waals surface area (Å²) >= 11 is 0. The van der Waals surface area contributed by atoms with E-state index in [9.17, 15) is 4.79 Å². The molecular weight excluding hydrogens is 316 g/mol. The van der Waals surface area contributed by atoms with Crippen molar-refractivity contribution in [3.63, 3.8) is 0 Å². The average molecular weight is 336 g/mol. The fraction of sp³-hybridized carbons (Fsp3) is 0.300. The van der Waals surface area contributed by atoms with Crippen LogP contribution in [-0.4, -0.2) is 29.4 Å². The fourth-order valence-corrected chi connectivity index (χ4v) is 3.56. The number of methoxy groups -OCH3 is 1. The van der Waals surface area contributed by atoms with E-state index in [0.29, 0.717) is 17.1 Å². The van der Waals surface area contributed by atoms with Gasteiger partial charge in [0.05, 0.1) is 18.8 Å². The maximum Gasteiger partial charge on any atom is 0.290 e. The molecule has 4 rings (SSSR count). The fourth-order valence-electron chi connectivity index (χ4n) is 3.56. The van der Waals surface area contributed by atoms with E-state index < -0.39 is 0 Å². The van der Waals surface area contributed by atoms with Crippen LogP contribution in [0.2, 0.25) is 0 Å². The van der Waals surface area contributed by atoms with Crippen molar-refractivity contribution in [2.45, 2.75) is 25.8 Å². The largest absolute Gasteiger partial charge is 0.497 e. The normalized spacial score (nSPS) is 17.2. The summed E-state index contributed by atoms with van der Waals surface area (Å²) in [6.45, 7) is 2.65. The summed E-state index contributed by atoms with van der Waals surface area (Å²) in [5.74, 6) is 1.06. The number of hydrogen-bond donors (Lipinski definition) is 0. The van der Waals surface area contributed by atoms with Crippen LogP contribution in [0.5, 0.6) is 5.75 Å². The number of amides is 1. The first-order chi connectivity index (χ1) is 12.2. The molecular formula is C20H20N2O3. The van der Waals surface area contributed by atoms with Crippen molar-refractivity contribution in [3.8, 4) is 5.75 Å². The Morgan fingerprint density at radius 3 is 2.96 bits per heavy atom. The molecule has 0 saturated carbocycles. The van der Waals surface area contributed by atoms with Gasteiger partial charge in [-0.3, -0.25) is 9.78 Å². The molecule has 0 aliphatic carbocycles. The summed E-state index contributed by atoms with van der Waals surface area (Å²) in [5.41, 5.74) is 2.48. The van der Waals surface area contributed by atoms with Crippen molar-refractivity contribution < 1.29 is 13.9 Å². The van der Waals surface area contributed by atoms with Crippen LogP contribution in [0.25, 0.3) is 11.0 Å². The third-order valence-corrected chi connectivity index (χ3v) is 4.88. The molecule has 1 saturated heterocycles. The van der Waals surface area contributed by atoms with E-state index in [2.05, 4.69) is 4.98 Å². The zero-order valence-electron chi connectivity index (χ0n) is 14.4. The van der Waals surface area contributed by atoms with E-state index in [1.54, 1.807) is 13.3 Å². The number of ether oxygens (including phenoxy) is 1. The molecule has 5 nitrogen and oxygen atoms in total. The number of rotatable bonds is 3. The van der Waals surface area contributed by atoms with E-state index in [-0.39, 0.29) is 11.9 Å². The van der Waals surface area contributed by atoms with Crippen LogP contribution in [0.4, 0.5) is 0 Å². The van der Waals surface area contributed by atoms with Gasteiger partial charge in [-0.05, 0) is 44.0 Å². The number of aryl methyl sites for hydroxylation is 1. The highest BCUT2D eigenvalue weighted by Gasteiger charge is 2.34. The van der Waals surface area contributed by atoms with Crippen LogP contribution in [0.15, 0.2) is 47.0 Å². The van der Waals surface area contributed by atoms with Crippen LogP contribution in [0.3, 0.4) is 0 Å². The van der Waals surface area contributed by atoms with Gasteiger partial charge < -0.3 is 14.1 Å². The Balaban J connectivity index is 1.70. The Bertz CT molecular complexity index is 917. The highest BCUT2D eigenvalue weighted by Crippen LogP contribution is 2.35. The standard InChI is InChI=1S/C20H20N2O3/c1-13-15-9-8-14(24-2)12-18(15)25-19(13)20(23)22-11-5-7-17(22)16-6-3-4-10-21-16/h3-4,6,8-10,12,17H,5,7,11H2,1-2H3/t17-/m1/s1. The molecule has 0 unspecified atom stereocenters. The first-order valence-corrected chi connectivity index (χ1v) is 8.48. The van der Waals surface area contributed by atoms with E-state index in [1.165, 1.54) is 0 Å². The second-order valence-electron chi connectivity index (χ2n) is 6.33. The number of nitrogens with zero attached hydrogens (tertiary/aromatic N) is 2. The van der Waals surface area contributed by atoms with Gasteiger partial charge in [0.15, 0.2) is 5.76 Å². The maximum atomic E-state index is 13.1. The van der Waals surface area contributed by atoms with Crippen LogP contribution in [0, 0.1) is 6.92 Å². The average Bonchev–Trinajstić information content (AvgIpc) is 3.27. The Hall–Kier alpha value is -2.82. The highest BCUT2D eigenvalue weighted by atomic mass is 16.5. The van der Waals surface area contributed by atoms with Crippen molar-refractivity contribution in [3.05, 3.63) is 59.6 Å². The minimum Gasteiger partial charge on any atom is -0.497 e. The third kappa shape index (κ3) is 2.65. The predicted molar refractivity (Wildman–Crippen MR) is 94.8 cm³/mol. The van der Waals surface area contributed by atoms with E-state index >= 15 is 0 Å². The van der Waals surface area contributed by atoms with Crippen molar-refractivity contribution in [1.29, 1.82) is 0 Å². The predicted octanol–water partition coefficient (Wildman–Crippen LogP) is 4.12. The second kappa shape index (κ2) is 6.24. The van der Waals surface area contributed by atoms with Gasteiger partial charge in [-0.15, -0.1) is 0 Å². The number of pyridine rings is 1. The molecule has 2 aromatic heterocycles. The molecule has 0 spiro atoms. The van der Waals surface area contributed by atoms with Crippen molar-refractivity contribution >= 4 is 16.9 Å². The zero-order valence-corrected chi connectivity index (χ0v) is 14.4. The van der Waals surface area contributed by atoms with Crippen molar-refractivity contribution in [2.24, 2.45) is 0 Å². The summed E-state index contributed by atoms with van der Waals surface area (Å²) in [5, 5.41) is 0.942. The van der Waals surface area contributed by atoms with Gasteiger partial charge in [0.25, 0.3) is 5.91 Å². The molecule has 0 N–H and O–H groups in total. The van der Waals surface area contributed by atoms with Crippen LogP contribution < -0.4 is 4.74 Å². The van der Waals surface area contributed by atoms with E-state index in [0.717, 1.165) is 36.0 Å². The lowest BCUT2D eigenvalue weighted by Crippen LogP contribution is -2.31. The molecule has 25 heavy (non-hydrogen) atoms. The number of aromatic nitrogens is 1. The van der Waals surface area contributed by atoms with Gasteiger partial charge in [0.1, 0.15) is 11.3 Å². The Morgan fingerprint density at radius 1 is 1.32 bits per heavy atom. The minimum absolute atomic E-state index is 0.0100. The zero-order chi connectivity index (χ0) is 17.4. The summed E-state index contributed by atoms with van der Waals surface area (Å²) in [6, 6.07) is 11.5. The molecule has 1 aromatic carbocycles. The van der Waals surface area contributed by atoms with E-state index in [4.69, 9.17) is 9.15 Å². The topological polar surface area (TPSA) is 55.6 Å². The number of likely N-dealkylation sites (tertiary alicyclic amines) is 1. The molecule has 1 aliphatic rings. The summed E-state index contributed by atoms with van der Waals surface area (Å²) < 4.78 is 11.2. The molecule has 1 aliphatic heterocycles. The Kier molecular flexibility index (Phi) is 3.92.